The van der Waals surface area contributed by atoms with Crippen molar-refractivity contribution in [2.45, 2.75) is 37.6 Å². The highest BCUT2D eigenvalue weighted by Crippen LogP contribution is 2.37. The van der Waals surface area contributed by atoms with Crippen molar-refractivity contribution < 1.29 is 19.3 Å². The summed E-state index contributed by atoms with van der Waals surface area (Å²) >= 11 is 0. The summed E-state index contributed by atoms with van der Waals surface area (Å²) in [4.78, 5) is 0. The van der Waals surface area contributed by atoms with Crippen LogP contribution in [0, 0.1) is 0 Å². The Morgan fingerprint density at radius 1 is 1.27 bits per heavy atom. The zero-order valence-electron chi connectivity index (χ0n) is 6.56. The number of ether oxygens (including phenoxy) is 3. The Labute approximate surface area is 65.1 Å². The van der Waals surface area contributed by atoms with Crippen LogP contribution in [-0.4, -0.2) is 42.9 Å². The smallest absolute Gasteiger partial charge is 0.186 e. The van der Waals surface area contributed by atoms with Gasteiger partial charge in [0.2, 0.25) is 0 Å². The molecule has 0 aromatic heterocycles. The molecule has 0 bridgehead atoms. The molecule has 4 nitrogen and oxygen atoms in total. The largest absolute Gasteiger partial charge is 0.388 e. The molecule has 0 amide bonds. The summed E-state index contributed by atoms with van der Waals surface area (Å²) in [5.41, 5.74) is 0. The van der Waals surface area contributed by atoms with Gasteiger partial charge in [-0.2, -0.15) is 0 Å². The lowest BCUT2D eigenvalue weighted by Crippen LogP contribution is -2.43. The molecule has 0 unspecified atom stereocenters. The van der Waals surface area contributed by atoms with Gasteiger partial charge in [-0.25, -0.2) is 0 Å². The molecular formula is C7H12O4. The van der Waals surface area contributed by atoms with Crippen LogP contribution in [-0.2, 0) is 14.2 Å². The Bertz CT molecular complexity index is 157. The van der Waals surface area contributed by atoms with Gasteiger partial charge in [-0.3, -0.25) is 0 Å². The minimum Gasteiger partial charge on any atom is -0.388 e. The Balaban J connectivity index is 2.02. The highest BCUT2D eigenvalue weighted by atomic mass is 16.7. The van der Waals surface area contributed by atoms with Gasteiger partial charge in [0.25, 0.3) is 0 Å². The zero-order valence-corrected chi connectivity index (χ0v) is 6.56. The van der Waals surface area contributed by atoms with E-state index in [1.54, 1.807) is 7.11 Å². The van der Waals surface area contributed by atoms with Crippen LogP contribution in [0.3, 0.4) is 0 Å². The number of methoxy groups -OCH3 is 1. The van der Waals surface area contributed by atoms with Gasteiger partial charge in [-0.1, -0.05) is 0 Å². The van der Waals surface area contributed by atoms with Crippen LogP contribution < -0.4 is 0 Å². The van der Waals surface area contributed by atoms with Gasteiger partial charge >= 0.3 is 0 Å². The summed E-state index contributed by atoms with van der Waals surface area (Å²) < 4.78 is 15.5. The predicted octanol–water partition coefficient (Wildman–Crippen LogP) is -0.494. The Morgan fingerprint density at radius 2 is 2.00 bits per heavy atom. The molecule has 1 N–H and O–H groups in total. The number of epoxide rings is 1. The molecule has 0 aromatic carbocycles. The lowest BCUT2D eigenvalue weighted by Gasteiger charge is -2.27. The molecule has 0 radical (unpaired) electrons. The van der Waals surface area contributed by atoms with Gasteiger partial charge in [0, 0.05) is 7.11 Å². The van der Waals surface area contributed by atoms with E-state index in [4.69, 9.17) is 14.2 Å². The van der Waals surface area contributed by atoms with Crippen molar-refractivity contribution in [3.63, 3.8) is 0 Å². The second-order valence-corrected chi connectivity index (χ2v) is 3.00. The lowest BCUT2D eigenvalue weighted by atomic mass is 10.1. The maximum atomic E-state index is 9.40. The molecule has 5 atom stereocenters. The highest BCUT2D eigenvalue weighted by molar-refractivity contribution is 4.99. The topological polar surface area (TPSA) is 51.2 Å². The van der Waals surface area contributed by atoms with E-state index in [1.807, 2.05) is 6.92 Å². The molecule has 0 saturated carbocycles. The summed E-state index contributed by atoms with van der Waals surface area (Å²) in [6, 6.07) is 0. The van der Waals surface area contributed by atoms with Gasteiger partial charge in [0.15, 0.2) is 6.29 Å². The van der Waals surface area contributed by atoms with E-state index in [9.17, 15) is 5.11 Å². The average molecular weight is 160 g/mol. The first-order valence-corrected chi connectivity index (χ1v) is 3.76. The number of aliphatic hydroxyl groups excluding tert-OH is 1. The van der Waals surface area contributed by atoms with Crippen molar-refractivity contribution in [2.75, 3.05) is 7.11 Å². The summed E-state index contributed by atoms with van der Waals surface area (Å²) in [6.45, 7) is 1.81. The van der Waals surface area contributed by atoms with Crippen LogP contribution in [0.1, 0.15) is 6.92 Å². The maximum absolute atomic E-state index is 9.40. The Kier molecular flexibility index (Phi) is 1.64. The van der Waals surface area contributed by atoms with Crippen molar-refractivity contribution >= 4 is 0 Å². The third kappa shape index (κ3) is 1.06. The fourth-order valence-electron chi connectivity index (χ4n) is 1.46. The SMILES string of the molecule is CO[C@H]1O[C@H](C)[C@H](O)[C@H]2O[C@@H]12. The molecule has 0 aromatic rings. The number of fused-ring (bicyclic) bond motifs is 1. The first-order chi connectivity index (χ1) is 5.24. The molecule has 2 aliphatic rings. The van der Waals surface area contributed by atoms with E-state index < -0.39 is 6.10 Å². The first kappa shape index (κ1) is 7.49. The fraction of sp³-hybridized carbons (Fsp3) is 1.00. The third-order valence-corrected chi connectivity index (χ3v) is 2.23. The summed E-state index contributed by atoms with van der Waals surface area (Å²) in [6.07, 6.45) is -1.09. The summed E-state index contributed by atoms with van der Waals surface area (Å²) in [5, 5.41) is 9.40. The van der Waals surface area contributed by atoms with Crippen molar-refractivity contribution in [1.82, 2.24) is 0 Å². The molecule has 64 valence electrons. The van der Waals surface area contributed by atoms with E-state index in [2.05, 4.69) is 0 Å². The van der Waals surface area contributed by atoms with Crippen LogP contribution in [0.5, 0.6) is 0 Å². The van der Waals surface area contributed by atoms with Crippen molar-refractivity contribution in [3.05, 3.63) is 0 Å². The molecule has 2 heterocycles. The van der Waals surface area contributed by atoms with Crippen LogP contribution >= 0.6 is 0 Å². The van der Waals surface area contributed by atoms with Gasteiger partial charge in [0.05, 0.1) is 6.10 Å². The number of hydrogen-bond donors (Lipinski definition) is 1. The molecule has 2 saturated heterocycles. The molecule has 2 fully saturated rings. The van der Waals surface area contributed by atoms with Crippen molar-refractivity contribution in [2.24, 2.45) is 0 Å². The first-order valence-electron chi connectivity index (χ1n) is 3.76. The van der Waals surface area contributed by atoms with E-state index in [1.165, 1.54) is 0 Å². The fourth-order valence-corrected chi connectivity index (χ4v) is 1.46. The summed E-state index contributed by atoms with van der Waals surface area (Å²) in [5.74, 6) is 0. The normalized spacial score (nSPS) is 55.4. The van der Waals surface area contributed by atoms with E-state index in [0.29, 0.717) is 0 Å². The average Bonchev–Trinajstić information content (AvgIpc) is 2.76. The van der Waals surface area contributed by atoms with E-state index in [0.717, 1.165) is 0 Å². The Morgan fingerprint density at radius 3 is 2.64 bits per heavy atom. The van der Waals surface area contributed by atoms with Gasteiger partial charge in [-0.05, 0) is 6.92 Å². The maximum Gasteiger partial charge on any atom is 0.186 e. The number of hydrogen-bond acceptors (Lipinski definition) is 4. The van der Waals surface area contributed by atoms with Crippen LogP contribution in [0.25, 0.3) is 0 Å². The summed E-state index contributed by atoms with van der Waals surface area (Å²) in [7, 11) is 1.58. The van der Waals surface area contributed by atoms with Crippen molar-refractivity contribution in [1.29, 1.82) is 0 Å². The van der Waals surface area contributed by atoms with Gasteiger partial charge in [0.1, 0.15) is 18.3 Å². The van der Waals surface area contributed by atoms with Crippen LogP contribution in [0.15, 0.2) is 0 Å². The molecule has 4 heteroatoms. The van der Waals surface area contributed by atoms with Crippen molar-refractivity contribution in [3.8, 4) is 0 Å². The highest BCUT2D eigenvalue weighted by Gasteiger charge is 2.56. The van der Waals surface area contributed by atoms with Gasteiger partial charge < -0.3 is 19.3 Å². The third-order valence-electron chi connectivity index (χ3n) is 2.23. The number of rotatable bonds is 1. The second-order valence-electron chi connectivity index (χ2n) is 3.00. The lowest BCUT2D eigenvalue weighted by molar-refractivity contribution is -0.193. The zero-order chi connectivity index (χ0) is 8.01. The molecule has 2 rings (SSSR count). The van der Waals surface area contributed by atoms with E-state index >= 15 is 0 Å². The second kappa shape index (κ2) is 2.42. The minimum atomic E-state index is -0.494. The predicted molar refractivity (Wildman–Crippen MR) is 36.0 cm³/mol. The monoisotopic (exact) mass is 160 g/mol. The standard InChI is InChI=1S/C7H12O4/c1-3-4(8)5-6(11-5)7(9-2)10-3/h3-8H,1-2H3/t3-,4+,5-,6-,7+/m1/s1. The Hall–Kier alpha value is -0.160. The molecular weight excluding hydrogens is 148 g/mol. The molecule has 2 aliphatic heterocycles. The molecule has 0 spiro atoms. The number of aliphatic hydroxyl groups is 1. The van der Waals surface area contributed by atoms with Crippen LogP contribution in [0.4, 0.5) is 0 Å². The molecule has 11 heavy (non-hydrogen) atoms. The molecule has 0 aliphatic carbocycles. The van der Waals surface area contributed by atoms with Gasteiger partial charge in [-0.15, -0.1) is 0 Å². The minimum absolute atomic E-state index is 0.0498. The van der Waals surface area contributed by atoms with Crippen LogP contribution in [0.2, 0.25) is 0 Å². The quantitative estimate of drug-likeness (QED) is 0.526. The van der Waals surface area contributed by atoms with E-state index in [-0.39, 0.29) is 24.6 Å².